The Bertz CT molecular complexity index is 995. The van der Waals surface area contributed by atoms with Gasteiger partial charge in [0.15, 0.2) is 0 Å². The van der Waals surface area contributed by atoms with Crippen LogP contribution in [0, 0.1) is 32.6 Å². The minimum Gasteiger partial charge on any atom is -0.493 e. The van der Waals surface area contributed by atoms with E-state index in [-0.39, 0.29) is 5.92 Å². The number of benzene rings is 2. The van der Waals surface area contributed by atoms with Gasteiger partial charge in [-0.15, -0.1) is 0 Å². The van der Waals surface area contributed by atoms with Crippen molar-refractivity contribution in [1.82, 2.24) is 0 Å². The van der Waals surface area contributed by atoms with Crippen LogP contribution in [0.2, 0.25) is 0 Å². The summed E-state index contributed by atoms with van der Waals surface area (Å²) in [6, 6.07) is 11.2. The first-order chi connectivity index (χ1) is 14.7. The molecule has 0 N–H and O–H groups in total. The van der Waals surface area contributed by atoms with Crippen LogP contribution in [-0.4, -0.2) is 34.8 Å². The van der Waals surface area contributed by atoms with Gasteiger partial charge in [0.05, 0.1) is 17.2 Å². The molecule has 1 saturated heterocycles. The maximum Gasteiger partial charge on any atom is 0.264 e. The Morgan fingerprint density at radius 3 is 2.35 bits per heavy atom. The van der Waals surface area contributed by atoms with E-state index >= 15 is 0 Å². The van der Waals surface area contributed by atoms with Crippen molar-refractivity contribution in [2.24, 2.45) is 11.8 Å². The largest absolute Gasteiger partial charge is 0.493 e. The lowest BCUT2D eigenvalue weighted by molar-refractivity contribution is 0.0497. The van der Waals surface area contributed by atoms with E-state index in [9.17, 15) is 8.42 Å². The van der Waals surface area contributed by atoms with Gasteiger partial charge in [0.2, 0.25) is 0 Å². The topological polar surface area (TPSA) is 55.8 Å². The van der Waals surface area contributed by atoms with Crippen molar-refractivity contribution < 1.29 is 17.9 Å². The summed E-state index contributed by atoms with van der Waals surface area (Å²) in [5, 5.41) is 0. The van der Waals surface area contributed by atoms with Crippen molar-refractivity contribution in [2.45, 2.75) is 52.4 Å². The summed E-state index contributed by atoms with van der Waals surface area (Å²) in [7, 11) is -3.71. The fraction of sp³-hybridized carbons (Fsp3) is 0.520. The van der Waals surface area contributed by atoms with E-state index in [4.69, 9.17) is 9.47 Å². The van der Waals surface area contributed by atoms with Crippen LogP contribution >= 0.6 is 0 Å². The molecule has 1 aliphatic heterocycles. The maximum atomic E-state index is 13.7. The minimum absolute atomic E-state index is 0.192. The van der Waals surface area contributed by atoms with Gasteiger partial charge in [-0.05, 0) is 80.8 Å². The molecule has 170 valence electrons. The molecule has 0 spiro atoms. The smallest absolute Gasteiger partial charge is 0.264 e. The summed E-state index contributed by atoms with van der Waals surface area (Å²) in [6.07, 6.45) is 2.01. The standard InChI is InChI=1S/C25H35NO4S/c1-18(2)16-26(24-8-6-19(3)14-20(24)4)31(27,28)25-9-7-23(15-21(25)5)30-17-22-10-12-29-13-11-22/h6-9,14-15,18,22H,10-13,16-17H2,1-5H3. The van der Waals surface area contributed by atoms with Gasteiger partial charge >= 0.3 is 0 Å². The number of nitrogens with zero attached hydrogens (tertiary/aromatic N) is 1. The highest BCUT2D eigenvalue weighted by molar-refractivity contribution is 7.92. The van der Waals surface area contributed by atoms with Crippen LogP contribution in [0.4, 0.5) is 5.69 Å². The Morgan fingerprint density at radius 1 is 1.03 bits per heavy atom. The first kappa shape index (κ1) is 23.6. The molecule has 0 amide bonds. The van der Waals surface area contributed by atoms with E-state index in [0.717, 1.165) is 42.9 Å². The van der Waals surface area contributed by atoms with Crippen molar-refractivity contribution in [3.8, 4) is 5.75 Å². The van der Waals surface area contributed by atoms with Crippen molar-refractivity contribution in [3.63, 3.8) is 0 Å². The lowest BCUT2D eigenvalue weighted by atomic mass is 10.0. The van der Waals surface area contributed by atoms with Crippen molar-refractivity contribution >= 4 is 15.7 Å². The van der Waals surface area contributed by atoms with E-state index in [0.29, 0.717) is 35.3 Å². The summed E-state index contributed by atoms with van der Waals surface area (Å²) in [5.74, 6) is 1.39. The zero-order valence-corrected chi connectivity index (χ0v) is 20.2. The van der Waals surface area contributed by atoms with Crippen LogP contribution in [0.25, 0.3) is 0 Å². The molecule has 2 aromatic rings. The Labute approximate surface area is 187 Å². The number of aryl methyl sites for hydroxylation is 3. The van der Waals surface area contributed by atoms with Crippen LogP contribution in [0.5, 0.6) is 5.75 Å². The second kappa shape index (κ2) is 10.0. The lowest BCUT2D eigenvalue weighted by Crippen LogP contribution is -2.35. The van der Waals surface area contributed by atoms with Gasteiger partial charge in [-0.2, -0.15) is 0 Å². The van der Waals surface area contributed by atoms with E-state index in [2.05, 4.69) is 0 Å². The summed E-state index contributed by atoms with van der Waals surface area (Å²) >= 11 is 0. The summed E-state index contributed by atoms with van der Waals surface area (Å²) < 4.78 is 40.4. The molecule has 2 aromatic carbocycles. The molecule has 0 aromatic heterocycles. The quantitative estimate of drug-likeness (QED) is 0.555. The molecule has 1 fully saturated rings. The van der Waals surface area contributed by atoms with Crippen molar-refractivity contribution in [1.29, 1.82) is 0 Å². The van der Waals surface area contributed by atoms with Crippen LogP contribution in [0.15, 0.2) is 41.3 Å². The molecule has 0 unspecified atom stereocenters. The van der Waals surface area contributed by atoms with E-state index in [1.807, 2.05) is 58.9 Å². The predicted octanol–water partition coefficient (Wildman–Crippen LogP) is 5.27. The Hall–Kier alpha value is -2.05. The SMILES string of the molecule is Cc1ccc(N(CC(C)C)S(=O)(=O)c2ccc(OCC3CCOCC3)cc2C)c(C)c1. The van der Waals surface area contributed by atoms with Crippen LogP contribution in [0.1, 0.15) is 43.4 Å². The summed E-state index contributed by atoms with van der Waals surface area (Å²) in [5.41, 5.74) is 3.50. The first-order valence-electron chi connectivity index (χ1n) is 11.1. The van der Waals surface area contributed by atoms with E-state index < -0.39 is 10.0 Å². The maximum absolute atomic E-state index is 13.7. The van der Waals surface area contributed by atoms with Gasteiger partial charge in [-0.3, -0.25) is 4.31 Å². The van der Waals surface area contributed by atoms with Crippen LogP contribution in [-0.2, 0) is 14.8 Å². The van der Waals surface area contributed by atoms with Crippen molar-refractivity contribution in [3.05, 3.63) is 53.1 Å². The van der Waals surface area contributed by atoms with Gasteiger partial charge in [-0.25, -0.2) is 8.42 Å². The average molecular weight is 446 g/mol. The van der Waals surface area contributed by atoms with Gasteiger partial charge < -0.3 is 9.47 Å². The molecule has 6 heteroatoms. The highest BCUT2D eigenvalue weighted by atomic mass is 32.2. The van der Waals surface area contributed by atoms with Crippen molar-refractivity contribution in [2.75, 3.05) is 30.7 Å². The molecule has 0 aliphatic carbocycles. The van der Waals surface area contributed by atoms with Gasteiger partial charge in [0.25, 0.3) is 10.0 Å². The highest BCUT2D eigenvalue weighted by Gasteiger charge is 2.28. The normalized spacial score (nSPS) is 15.3. The molecule has 0 bridgehead atoms. The predicted molar refractivity (Wildman–Crippen MR) is 126 cm³/mol. The third-order valence-electron chi connectivity index (χ3n) is 5.69. The number of ether oxygens (including phenoxy) is 2. The molecular formula is C25H35NO4S. The van der Waals surface area contributed by atoms with E-state index in [1.54, 1.807) is 16.4 Å². The van der Waals surface area contributed by atoms with Crippen LogP contribution in [0.3, 0.4) is 0 Å². The first-order valence-corrected chi connectivity index (χ1v) is 12.5. The van der Waals surface area contributed by atoms with Gasteiger partial charge in [0.1, 0.15) is 5.75 Å². The second-order valence-electron chi connectivity index (χ2n) is 9.01. The zero-order valence-electron chi connectivity index (χ0n) is 19.3. The Morgan fingerprint density at radius 2 is 1.74 bits per heavy atom. The number of hydrogen-bond donors (Lipinski definition) is 0. The molecule has 0 atom stereocenters. The second-order valence-corrected chi connectivity index (χ2v) is 10.8. The fourth-order valence-electron chi connectivity index (χ4n) is 3.99. The molecule has 31 heavy (non-hydrogen) atoms. The monoisotopic (exact) mass is 445 g/mol. The third kappa shape index (κ3) is 5.80. The molecule has 3 rings (SSSR count). The summed E-state index contributed by atoms with van der Waals surface area (Å²) in [6.45, 7) is 12.5. The summed E-state index contributed by atoms with van der Waals surface area (Å²) in [4.78, 5) is 0.326. The fourth-order valence-corrected chi connectivity index (χ4v) is 5.89. The molecular weight excluding hydrogens is 410 g/mol. The Balaban J connectivity index is 1.86. The molecule has 5 nitrogen and oxygen atoms in total. The number of hydrogen-bond acceptors (Lipinski definition) is 4. The van der Waals surface area contributed by atoms with Gasteiger partial charge in [0, 0.05) is 19.8 Å². The average Bonchev–Trinajstić information content (AvgIpc) is 2.71. The number of sulfonamides is 1. The molecule has 0 radical (unpaired) electrons. The lowest BCUT2D eigenvalue weighted by Gasteiger charge is -2.28. The zero-order chi connectivity index (χ0) is 22.6. The van der Waals surface area contributed by atoms with Gasteiger partial charge in [-0.1, -0.05) is 31.5 Å². The number of anilines is 1. The molecule has 1 aliphatic rings. The van der Waals surface area contributed by atoms with Crippen LogP contribution < -0.4 is 9.04 Å². The third-order valence-corrected chi connectivity index (χ3v) is 7.63. The minimum atomic E-state index is -3.71. The Kier molecular flexibility index (Phi) is 7.65. The van der Waals surface area contributed by atoms with E-state index in [1.165, 1.54) is 0 Å². The highest BCUT2D eigenvalue weighted by Crippen LogP contribution is 2.31. The molecule has 1 heterocycles. The number of rotatable bonds is 8. The molecule has 0 saturated carbocycles.